The number of likely N-dealkylation sites (tertiary alicyclic amines) is 1. The molecule has 0 saturated carbocycles. The Morgan fingerprint density at radius 2 is 2.00 bits per heavy atom. The van der Waals surface area contributed by atoms with Crippen molar-refractivity contribution in [3.05, 3.63) is 41.9 Å². The van der Waals surface area contributed by atoms with E-state index in [1.54, 1.807) is 4.90 Å². The van der Waals surface area contributed by atoms with Gasteiger partial charge < -0.3 is 14.6 Å². The lowest BCUT2D eigenvalue weighted by molar-refractivity contribution is -0.143. The Balaban J connectivity index is 1.51. The van der Waals surface area contributed by atoms with Crippen molar-refractivity contribution < 1.29 is 14.0 Å². The molecule has 25 heavy (non-hydrogen) atoms. The Kier molecular flexibility index (Phi) is 5.16. The Labute approximate surface area is 147 Å². The predicted molar refractivity (Wildman–Crippen MR) is 93.8 cm³/mol. The van der Waals surface area contributed by atoms with E-state index in [1.165, 1.54) is 0 Å². The van der Waals surface area contributed by atoms with E-state index in [2.05, 4.69) is 10.3 Å². The molecular weight excluding hydrogens is 318 g/mol. The molecule has 1 fully saturated rings. The van der Waals surface area contributed by atoms with E-state index in [9.17, 15) is 9.59 Å². The van der Waals surface area contributed by atoms with Gasteiger partial charge in [-0.3, -0.25) is 9.59 Å². The zero-order chi connectivity index (χ0) is 17.8. The average molecular weight is 341 g/mol. The van der Waals surface area contributed by atoms with Gasteiger partial charge in [-0.1, -0.05) is 30.3 Å². The van der Waals surface area contributed by atoms with E-state index in [4.69, 9.17) is 4.42 Å². The molecule has 2 amide bonds. The second-order valence-electron chi connectivity index (χ2n) is 6.28. The van der Waals surface area contributed by atoms with Crippen LogP contribution in [0, 0.1) is 12.8 Å². The number of amides is 2. The summed E-state index contributed by atoms with van der Waals surface area (Å²) in [6.45, 7) is 5.43. The summed E-state index contributed by atoms with van der Waals surface area (Å²) >= 11 is 0. The van der Waals surface area contributed by atoms with Gasteiger partial charge in [-0.2, -0.15) is 0 Å². The molecule has 6 heteroatoms. The van der Waals surface area contributed by atoms with Gasteiger partial charge in [-0.15, -0.1) is 0 Å². The van der Waals surface area contributed by atoms with Crippen LogP contribution in [0.4, 0.5) is 0 Å². The maximum Gasteiger partial charge on any atom is 0.226 e. The third-order valence-electron chi connectivity index (χ3n) is 4.39. The molecule has 1 N–H and O–H groups in total. The molecule has 2 aromatic rings. The van der Waals surface area contributed by atoms with Crippen LogP contribution in [0.2, 0.25) is 0 Å². The van der Waals surface area contributed by atoms with Gasteiger partial charge in [0.2, 0.25) is 11.8 Å². The highest BCUT2D eigenvalue weighted by Gasteiger charge is 2.35. The lowest BCUT2D eigenvalue weighted by Gasteiger charge is -2.38. The van der Waals surface area contributed by atoms with Crippen LogP contribution in [0.3, 0.4) is 0 Å². The third-order valence-corrected chi connectivity index (χ3v) is 4.39. The molecule has 1 aromatic carbocycles. The number of carbonyl (C=O) groups excluding carboxylic acids is 2. The van der Waals surface area contributed by atoms with Crippen molar-refractivity contribution in [2.45, 2.75) is 26.7 Å². The topological polar surface area (TPSA) is 75.4 Å². The molecule has 2 heterocycles. The maximum atomic E-state index is 12.2. The molecule has 132 valence electrons. The lowest BCUT2D eigenvalue weighted by Crippen LogP contribution is -2.55. The van der Waals surface area contributed by atoms with E-state index in [0.717, 1.165) is 17.0 Å². The average Bonchev–Trinajstić information content (AvgIpc) is 2.93. The minimum atomic E-state index is -0.0717. The fourth-order valence-electron chi connectivity index (χ4n) is 2.96. The van der Waals surface area contributed by atoms with E-state index >= 15 is 0 Å². The number of benzene rings is 1. The van der Waals surface area contributed by atoms with Gasteiger partial charge in [-0.25, -0.2) is 4.98 Å². The number of oxazole rings is 1. The summed E-state index contributed by atoms with van der Waals surface area (Å²) < 4.78 is 5.83. The zero-order valence-electron chi connectivity index (χ0n) is 14.6. The molecule has 1 aromatic heterocycles. The van der Waals surface area contributed by atoms with Crippen LogP contribution < -0.4 is 5.32 Å². The second-order valence-corrected chi connectivity index (χ2v) is 6.28. The van der Waals surface area contributed by atoms with Gasteiger partial charge in [0, 0.05) is 38.0 Å². The van der Waals surface area contributed by atoms with E-state index < -0.39 is 0 Å². The van der Waals surface area contributed by atoms with Gasteiger partial charge >= 0.3 is 0 Å². The summed E-state index contributed by atoms with van der Waals surface area (Å²) in [7, 11) is 0. The van der Waals surface area contributed by atoms with Crippen LogP contribution in [0.15, 0.2) is 34.7 Å². The number of carbonyl (C=O) groups is 2. The molecule has 0 bridgehead atoms. The van der Waals surface area contributed by atoms with Crippen LogP contribution in [-0.4, -0.2) is 41.3 Å². The van der Waals surface area contributed by atoms with Crippen molar-refractivity contribution in [3.63, 3.8) is 0 Å². The highest BCUT2D eigenvalue weighted by atomic mass is 16.4. The highest BCUT2D eigenvalue weighted by molar-refractivity contribution is 5.84. The van der Waals surface area contributed by atoms with Crippen LogP contribution in [0.25, 0.3) is 11.3 Å². The number of aryl methyl sites for hydroxylation is 2. The third kappa shape index (κ3) is 3.90. The quantitative estimate of drug-likeness (QED) is 0.874. The van der Waals surface area contributed by atoms with Gasteiger partial charge in [0.15, 0.2) is 11.7 Å². The first-order valence-corrected chi connectivity index (χ1v) is 8.65. The van der Waals surface area contributed by atoms with E-state index in [-0.39, 0.29) is 17.7 Å². The number of aromatic nitrogens is 1. The fourth-order valence-corrected chi connectivity index (χ4v) is 2.96. The van der Waals surface area contributed by atoms with Crippen LogP contribution >= 0.6 is 0 Å². The van der Waals surface area contributed by atoms with Gasteiger partial charge in [0.25, 0.3) is 0 Å². The Morgan fingerprint density at radius 1 is 1.28 bits per heavy atom. The first kappa shape index (κ1) is 17.2. The Morgan fingerprint density at radius 3 is 2.68 bits per heavy atom. The van der Waals surface area contributed by atoms with Gasteiger partial charge in [-0.05, 0) is 13.8 Å². The SMILES string of the molecule is CCNC(=O)C1CN(C(=O)CCc2nc(C)c(-c3ccccc3)o2)C1. The minimum Gasteiger partial charge on any atom is -0.440 e. The summed E-state index contributed by atoms with van der Waals surface area (Å²) in [4.78, 5) is 30.0. The fraction of sp³-hybridized carbons (Fsp3) is 0.421. The molecule has 6 nitrogen and oxygen atoms in total. The molecule has 0 unspecified atom stereocenters. The van der Waals surface area contributed by atoms with Gasteiger partial charge in [0.05, 0.1) is 11.6 Å². The van der Waals surface area contributed by atoms with Crippen molar-refractivity contribution in [1.82, 2.24) is 15.2 Å². The van der Waals surface area contributed by atoms with Crippen LogP contribution in [-0.2, 0) is 16.0 Å². The molecule has 3 rings (SSSR count). The largest absolute Gasteiger partial charge is 0.440 e. The van der Waals surface area contributed by atoms with Crippen LogP contribution in [0.5, 0.6) is 0 Å². The lowest BCUT2D eigenvalue weighted by atomic mass is 9.98. The summed E-state index contributed by atoms with van der Waals surface area (Å²) in [5, 5.41) is 2.79. The zero-order valence-corrected chi connectivity index (χ0v) is 14.6. The maximum absolute atomic E-state index is 12.2. The second kappa shape index (κ2) is 7.51. The van der Waals surface area contributed by atoms with E-state index in [0.29, 0.717) is 38.4 Å². The first-order valence-electron chi connectivity index (χ1n) is 8.65. The molecule has 0 spiro atoms. The van der Waals surface area contributed by atoms with E-state index in [1.807, 2.05) is 44.2 Å². The number of hydrogen-bond donors (Lipinski definition) is 1. The van der Waals surface area contributed by atoms with Crippen molar-refractivity contribution >= 4 is 11.8 Å². The van der Waals surface area contributed by atoms with Crippen LogP contribution in [0.1, 0.15) is 24.9 Å². The first-order chi connectivity index (χ1) is 12.1. The van der Waals surface area contributed by atoms with Crippen molar-refractivity contribution in [2.24, 2.45) is 5.92 Å². The number of nitrogens with zero attached hydrogens (tertiary/aromatic N) is 2. The Hall–Kier alpha value is -2.63. The number of hydrogen-bond acceptors (Lipinski definition) is 4. The summed E-state index contributed by atoms with van der Waals surface area (Å²) in [5.74, 6) is 1.33. The highest BCUT2D eigenvalue weighted by Crippen LogP contribution is 2.25. The van der Waals surface area contributed by atoms with Crippen molar-refractivity contribution in [3.8, 4) is 11.3 Å². The molecule has 1 aliphatic rings. The standard InChI is InChI=1S/C19H23N3O3/c1-3-20-19(24)15-11-22(12-15)17(23)10-9-16-21-13(2)18(25-16)14-7-5-4-6-8-14/h4-8,15H,3,9-12H2,1-2H3,(H,20,24). The van der Waals surface area contributed by atoms with Crippen molar-refractivity contribution in [2.75, 3.05) is 19.6 Å². The molecule has 1 aliphatic heterocycles. The molecule has 1 saturated heterocycles. The minimum absolute atomic E-state index is 0.0300. The summed E-state index contributed by atoms with van der Waals surface area (Å²) in [5.41, 5.74) is 1.81. The molecule has 0 atom stereocenters. The van der Waals surface area contributed by atoms with Crippen molar-refractivity contribution in [1.29, 1.82) is 0 Å². The summed E-state index contributed by atoms with van der Waals surface area (Å²) in [6.07, 6.45) is 0.811. The normalized spacial score (nSPS) is 14.2. The number of rotatable bonds is 6. The molecule has 0 aliphatic carbocycles. The molecule has 0 radical (unpaired) electrons. The monoisotopic (exact) mass is 341 g/mol. The smallest absolute Gasteiger partial charge is 0.226 e. The predicted octanol–water partition coefficient (Wildman–Crippen LogP) is 2.18. The summed E-state index contributed by atoms with van der Waals surface area (Å²) in [6, 6.07) is 9.81. The Bertz CT molecular complexity index is 749. The molecular formula is C19H23N3O3. The number of nitrogens with one attached hydrogen (secondary N) is 1. The van der Waals surface area contributed by atoms with Gasteiger partial charge in [0.1, 0.15) is 0 Å².